The van der Waals surface area contributed by atoms with Gasteiger partial charge in [0.1, 0.15) is 0 Å². The Balaban J connectivity index is 2.54. The highest BCUT2D eigenvalue weighted by Gasteiger charge is 2.22. The number of halogens is 3. The van der Waals surface area contributed by atoms with E-state index in [0.29, 0.717) is 20.2 Å². The quantitative estimate of drug-likeness (QED) is 0.739. The van der Waals surface area contributed by atoms with Crippen molar-refractivity contribution in [3.05, 3.63) is 42.5 Å². The fourth-order valence-corrected chi connectivity index (χ4v) is 4.20. The van der Waals surface area contributed by atoms with Crippen molar-refractivity contribution in [2.45, 2.75) is 6.04 Å². The Morgan fingerprint density at radius 2 is 1.71 bits per heavy atom. The van der Waals surface area contributed by atoms with Crippen LogP contribution < -0.4 is 14.8 Å². The van der Waals surface area contributed by atoms with E-state index in [1.807, 2.05) is 25.2 Å². The van der Waals surface area contributed by atoms with Crippen molar-refractivity contribution in [1.82, 2.24) is 5.32 Å². The molecule has 3 nitrogen and oxygen atoms in total. The van der Waals surface area contributed by atoms with Crippen molar-refractivity contribution in [3.63, 3.8) is 0 Å². The third kappa shape index (κ3) is 3.48. The molecule has 0 amide bonds. The number of ether oxygens (including phenoxy) is 2. The predicted octanol–water partition coefficient (Wildman–Crippen LogP) is 5.14. The molecule has 1 atom stereocenters. The fourth-order valence-electron chi connectivity index (χ4n) is 2.12. The first-order valence-electron chi connectivity index (χ1n) is 6.05. The van der Waals surface area contributed by atoms with Gasteiger partial charge in [-0.25, -0.2) is 0 Å². The number of hydrogen-bond donors (Lipinski definition) is 1. The summed E-state index contributed by atoms with van der Waals surface area (Å²) in [7, 11) is 5.09. The van der Waals surface area contributed by atoms with E-state index in [4.69, 9.17) is 32.7 Å². The molecule has 1 aromatic heterocycles. The summed E-state index contributed by atoms with van der Waals surface area (Å²) in [6.07, 6.45) is 0. The van der Waals surface area contributed by atoms with E-state index in [2.05, 4.69) is 21.2 Å². The second-order valence-corrected chi connectivity index (χ2v) is 7.37. The van der Waals surface area contributed by atoms with Crippen molar-refractivity contribution in [3.8, 4) is 11.5 Å². The summed E-state index contributed by atoms with van der Waals surface area (Å²) in [6.45, 7) is 0. The molecular formula is C14H14BrCl2NO2S. The molecule has 21 heavy (non-hydrogen) atoms. The first-order valence-corrected chi connectivity index (χ1v) is 8.41. The van der Waals surface area contributed by atoms with Gasteiger partial charge in [-0.05, 0) is 30.8 Å². The van der Waals surface area contributed by atoms with Crippen molar-refractivity contribution in [2.24, 2.45) is 0 Å². The van der Waals surface area contributed by atoms with Gasteiger partial charge in [0.05, 0.1) is 28.9 Å². The first kappa shape index (κ1) is 16.9. The van der Waals surface area contributed by atoms with Gasteiger partial charge in [0, 0.05) is 10.0 Å². The van der Waals surface area contributed by atoms with Gasteiger partial charge >= 0.3 is 0 Å². The maximum absolute atomic E-state index is 6.28. The highest BCUT2D eigenvalue weighted by Crippen LogP contribution is 2.42. The maximum Gasteiger partial charge on any atom is 0.161 e. The van der Waals surface area contributed by atoms with Gasteiger partial charge in [-0.15, -0.1) is 11.3 Å². The lowest BCUT2D eigenvalue weighted by atomic mass is 10.0. The first-order chi connectivity index (χ1) is 10.0. The molecule has 1 heterocycles. The summed E-state index contributed by atoms with van der Waals surface area (Å²) >= 11 is 17.2. The van der Waals surface area contributed by atoms with Crippen LogP contribution in [0.2, 0.25) is 8.67 Å². The number of nitrogens with one attached hydrogen (secondary N) is 1. The monoisotopic (exact) mass is 409 g/mol. The molecule has 0 spiro atoms. The number of benzene rings is 1. The lowest BCUT2D eigenvalue weighted by molar-refractivity contribution is 0.354. The fraction of sp³-hybridized carbons (Fsp3) is 0.286. The zero-order valence-corrected chi connectivity index (χ0v) is 15.6. The average Bonchev–Trinajstić information content (AvgIpc) is 2.79. The average molecular weight is 411 g/mol. The normalized spacial score (nSPS) is 12.3. The van der Waals surface area contributed by atoms with Crippen LogP contribution in [0.3, 0.4) is 0 Å². The van der Waals surface area contributed by atoms with Crippen LogP contribution in [0.15, 0.2) is 22.7 Å². The van der Waals surface area contributed by atoms with Crippen LogP contribution in [0, 0.1) is 0 Å². The SMILES string of the molecule is CNC(c1cc(OC)c(OC)cc1Br)c1cc(Cl)sc1Cl. The molecule has 0 bridgehead atoms. The number of rotatable bonds is 5. The van der Waals surface area contributed by atoms with Crippen molar-refractivity contribution < 1.29 is 9.47 Å². The van der Waals surface area contributed by atoms with E-state index in [1.165, 1.54) is 11.3 Å². The second kappa shape index (κ2) is 7.20. The van der Waals surface area contributed by atoms with E-state index in [1.54, 1.807) is 14.2 Å². The topological polar surface area (TPSA) is 30.5 Å². The number of methoxy groups -OCH3 is 2. The molecule has 2 rings (SSSR count). The van der Waals surface area contributed by atoms with E-state index in [0.717, 1.165) is 15.6 Å². The largest absolute Gasteiger partial charge is 0.493 e. The summed E-state index contributed by atoms with van der Waals surface area (Å²) in [5.74, 6) is 1.32. The minimum Gasteiger partial charge on any atom is -0.493 e. The molecule has 0 aliphatic carbocycles. The predicted molar refractivity (Wildman–Crippen MR) is 92.5 cm³/mol. The molecule has 0 aliphatic heterocycles. The Hall–Kier alpha value is -0.460. The molecule has 114 valence electrons. The summed E-state index contributed by atoms with van der Waals surface area (Å²) in [5, 5.41) is 3.26. The van der Waals surface area contributed by atoms with E-state index >= 15 is 0 Å². The Morgan fingerprint density at radius 3 is 2.19 bits per heavy atom. The number of thiophene rings is 1. The molecule has 2 aromatic rings. The van der Waals surface area contributed by atoms with Crippen molar-refractivity contribution in [2.75, 3.05) is 21.3 Å². The van der Waals surface area contributed by atoms with Gasteiger partial charge in [-0.1, -0.05) is 39.1 Å². The van der Waals surface area contributed by atoms with Crippen LogP contribution >= 0.6 is 50.5 Å². The molecule has 0 saturated carbocycles. The van der Waals surface area contributed by atoms with Crippen LogP contribution in [-0.4, -0.2) is 21.3 Å². The molecule has 0 aliphatic rings. The van der Waals surface area contributed by atoms with E-state index in [9.17, 15) is 0 Å². The van der Waals surface area contributed by atoms with E-state index in [-0.39, 0.29) is 6.04 Å². The molecule has 7 heteroatoms. The molecular weight excluding hydrogens is 397 g/mol. The minimum atomic E-state index is -0.101. The van der Waals surface area contributed by atoms with Gasteiger partial charge < -0.3 is 14.8 Å². The van der Waals surface area contributed by atoms with Gasteiger partial charge in [0.25, 0.3) is 0 Å². The van der Waals surface area contributed by atoms with Crippen LogP contribution in [0.4, 0.5) is 0 Å². The minimum absolute atomic E-state index is 0.101. The Bertz CT molecular complexity index is 648. The molecule has 0 fully saturated rings. The smallest absolute Gasteiger partial charge is 0.161 e. The summed E-state index contributed by atoms with van der Waals surface area (Å²) in [6, 6.07) is 5.57. The molecule has 1 aromatic carbocycles. The van der Waals surface area contributed by atoms with Crippen LogP contribution in [0.5, 0.6) is 11.5 Å². The van der Waals surface area contributed by atoms with Crippen molar-refractivity contribution >= 4 is 50.5 Å². The lowest BCUT2D eigenvalue weighted by Gasteiger charge is -2.20. The molecule has 1 N–H and O–H groups in total. The third-order valence-corrected chi connectivity index (χ3v) is 5.30. The molecule has 0 radical (unpaired) electrons. The number of hydrogen-bond acceptors (Lipinski definition) is 4. The zero-order chi connectivity index (χ0) is 15.6. The van der Waals surface area contributed by atoms with Crippen LogP contribution in [0.25, 0.3) is 0 Å². The zero-order valence-electron chi connectivity index (χ0n) is 11.7. The van der Waals surface area contributed by atoms with Crippen LogP contribution in [-0.2, 0) is 0 Å². The maximum atomic E-state index is 6.28. The molecule has 1 unspecified atom stereocenters. The highest BCUT2D eigenvalue weighted by molar-refractivity contribution is 9.10. The second-order valence-electron chi connectivity index (χ2n) is 4.23. The van der Waals surface area contributed by atoms with Gasteiger partial charge in [-0.2, -0.15) is 0 Å². The van der Waals surface area contributed by atoms with Gasteiger partial charge in [0.15, 0.2) is 11.5 Å². The summed E-state index contributed by atoms with van der Waals surface area (Å²) < 4.78 is 12.9. The van der Waals surface area contributed by atoms with E-state index < -0.39 is 0 Å². The van der Waals surface area contributed by atoms with Gasteiger partial charge in [-0.3, -0.25) is 0 Å². The Labute approximate surface area is 146 Å². The molecule has 0 saturated heterocycles. The Morgan fingerprint density at radius 1 is 1.10 bits per heavy atom. The van der Waals surface area contributed by atoms with Crippen LogP contribution in [0.1, 0.15) is 17.2 Å². The lowest BCUT2D eigenvalue weighted by Crippen LogP contribution is -2.18. The van der Waals surface area contributed by atoms with Gasteiger partial charge in [0.2, 0.25) is 0 Å². The Kier molecular flexibility index (Phi) is 5.80. The standard InChI is InChI=1S/C14H14BrCl2NO2S/c1-18-13(8-5-12(16)21-14(8)17)7-4-10(19-2)11(20-3)6-9(7)15/h4-6,13,18H,1-3H3. The van der Waals surface area contributed by atoms with Crippen molar-refractivity contribution in [1.29, 1.82) is 0 Å². The summed E-state index contributed by atoms with van der Waals surface area (Å²) in [4.78, 5) is 0. The summed E-state index contributed by atoms with van der Waals surface area (Å²) in [5.41, 5.74) is 1.92. The third-order valence-electron chi connectivity index (χ3n) is 3.10. The highest BCUT2D eigenvalue weighted by atomic mass is 79.9.